The highest BCUT2D eigenvalue weighted by atomic mass is 35.5. The smallest absolute Gasteiger partial charge is 0.318 e. The van der Waals surface area contributed by atoms with E-state index in [4.69, 9.17) is 16.3 Å². The SMILES string of the molecule is COC(=O)[C@H](C)Sc1n[nH]c(-c2cc(Cl)ccc2OC)n1. The average Bonchev–Trinajstić information content (AvgIpc) is 2.94. The number of aromatic nitrogens is 3. The van der Waals surface area contributed by atoms with Crippen LogP contribution in [0.2, 0.25) is 5.02 Å². The first-order valence-electron chi connectivity index (χ1n) is 6.06. The molecule has 0 amide bonds. The van der Waals surface area contributed by atoms with Crippen LogP contribution >= 0.6 is 23.4 Å². The molecule has 0 aliphatic rings. The summed E-state index contributed by atoms with van der Waals surface area (Å²) in [6.45, 7) is 1.73. The van der Waals surface area contributed by atoms with Gasteiger partial charge >= 0.3 is 5.97 Å². The number of hydrogen-bond acceptors (Lipinski definition) is 6. The van der Waals surface area contributed by atoms with Gasteiger partial charge in [-0.05, 0) is 25.1 Å². The lowest BCUT2D eigenvalue weighted by atomic mass is 10.2. The Bertz CT molecular complexity index is 647. The van der Waals surface area contributed by atoms with E-state index in [9.17, 15) is 4.79 Å². The summed E-state index contributed by atoms with van der Waals surface area (Å²) in [5, 5.41) is 7.52. The molecule has 6 nitrogen and oxygen atoms in total. The molecule has 0 unspecified atom stereocenters. The molecule has 2 aromatic rings. The third-order valence-electron chi connectivity index (χ3n) is 2.70. The van der Waals surface area contributed by atoms with Crippen molar-refractivity contribution in [3.8, 4) is 17.1 Å². The second-order valence-corrected chi connectivity index (χ2v) is 5.84. The Hall–Kier alpha value is -1.73. The van der Waals surface area contributed by atoms with Crippen molar-refractivity contribution in [1.29, 1.82) is 0 Å². The summed E-state index contributed by atoms with van der Waals surface area (Å²) in [5.74, 6) is 0.828. The predicted molar refractivity (Wildman–Crippen MR) is 80.7 cm³/mol. The number of aromatic amines is 1. The maximum atomic E-state index is 11.4. The van der Waals surface area contributed by atoms with Crippen molar-refractivity contribution in [2.45, 2.75) is 17.3 Å². The van der Waals surface area contributed by atoms with Gasteiger partial charge in [0.15, 0.2) is 5.82 Å². The Morgan fingerprint density at radius 3 is 2.86 bits per heavy atom. The number of thioether (sulfide) groups is 1. The summed E-state index contributed by atoms with van der Waals surface area (Å²) in [5.41, 5.74) is 0.704. The van der Waals surface area contributed by atoms with E-state index in [1.165, 1.54) is 18.9 Å². The summed E-state index contributed by atoms with van der Waals surface area (Å²) in [6.07, 6.45) is 0. The summed E-state index contributed by atoms with van der Waals surface area (Å²) in [7, 11) is 2.91. The molecule has 2 rings (SSSR count). The van der Waals surface area contributed by atoms with E-state index in [0.29, 0.717) is 27.3 Å². The normalized spacial score (nSPS) is 12.0. The monoisotopic (exact) mass is 327 g/mol. The average molecular weight is 328 g/mol. The quantitative estimate of drug-likeness (QED) is 0.672. The predicted octanol–water partition coefficient (Wildman–Crippen LogP) is 2.79. The molecule has 1 aromatic carbocycles. The Morgan fingerprint density at radius 1 is 1.43 bits per heavy atom. The van der Waals surface area contributed by atoms with E-state index in [-0.39, 0.29) is 11.2 Å². The molecule has 0 aliphatic carbocycles. The first kappa shape index (κ1) is 15.7. The highest BCUT2D eigenvalue weighted by Crippen LogP contribution is 2.31. The fraction of sp³-hybridized carbons (Fsp3) is 0.308. The maximum Gasteiger partial charge on any atom is 0.318 e. The van der Waals surface area contributed by atoms with E-state index in [0.717, 1.165) is 0 Å². The molecule has 1 N–H and O–H groups in total. The maximum absolute atomic E-state index is 11.4. The summed E-state index contributed by atoms with van der Waals surface area (Å²) in [6, 6.07) is 5.22. The van der Waals surface area contributed by atoms with E-state index in [1.54, 1.807) is 32.2 Å². The number of halogens is 1. The van der Waals surface area contributed by atoms with Gasteiger partial charge in [0.25, 0.3) is 0 Å². The van der Waals surface area contributed by atoms with Crippen LogP contribution in [0.5, 0.6) is 5.75 Å². The fourth-order valence-electron chi connectivity index (χ4n) is 1.66. The van der Waals surface area contributed by atoms with Crippen LogP contribution in [0.1, 0.15) is 6.92 Å². The molecular weight excluding hydrogens is 314 g/mol. The third-order valence-corrected chi connectivity index (χ3v) is 3.87. The summed E-state index contributed by atoms with van der Waals surface area (Å²) in [4.78, 5) is 15.7. The van der Waals surface area contributed by atoms with Gasteiger partial charge in [0.05, 0.1) is 19.8 Å². The highest BCUT2D eigenvalue weighted by molar-refractivity contribution is 8.00. The number of carbonyl (C=O) groups excluding carboxylic acids is 1. The summed E-state index contributed by atoms with van der Waals surface area (Å²) < 4.78 is 9.94. The summed E-state index contributed by atoms with van der Waals surface area (Å²) >= 11 is 7.20. The molecule has 0 bridgehead atoms. The number of H-pyrrole nitrogens is 1. The zero-order valence-electron chi connectivity index (χ0n) is 11.7. The van der Waals surface area contributed by atoms with Gasteiger partial charge in [-0.1, -0.05) is 23.4 Å². The van der Waals surface area contributed by atoms with Gasteiger partial charge in [0.1, 0.15) is 11.0 Å². The van der Waals surface area contributed by atoms with E-state index < -0.39 is 0 Å². The largest absolute Gasteiger partial charge is 0.496 e. The van der Waals surface area contributed by atoms with Gasteiger partial charge in [0.2, 0.25) is 5.16 Å². The molecule has 1 aromatic heterocycles. The highest BCUT2D eigenvalue weighted by Gasteiger charge is 2.18. The fourth-order valence-corrected chi connectivity index (χ4v) is 2.58. The van der Waals surface area contributed by atoms with Gasteiger partial charge in [-0.3, -0.25) is 9.89 Å². The first-order valence-corrected chi connectivity index (χ1v) is 7.31. The van der Waals surface area contributed by atoms with Crippen LogP contribution in [0.3, 0.4) is 0 Å². The van der Waals surface area contributed by atoms with Crippen molar-refractivity contribution in [3.05, 3.63) is 23.2 Å². The van der Waals surface area contributed by atoms with Crippen LogP contribution in [0.4, 0.5) is 0 Å². The molecule has 0 aliphatic heterocycles. The molecule has 112 valence electrons. The molecule has 21 heavy (non-hydrogen) atoms. The van der Waals surface area contributed by atoms with Crippen molar-refractivity contribution in [2.24, 2.45) is 0 Å². The minimum Gasteiger partial charge on any atom is -0.496 e. The number of ether oxygens (including phenoxy) is 2. The number of hydrogen-bond donors (Lipinski definition) is 1. The van der Waals surface area contributed by atoms with Crippen LogP contribution in [-0.2, 0) is 9.53 Å². The molecule has 8 heteroatoms. The topological polar surface area (TPSA) is 77.1 Å². The van der Waals surface area contributed by atoms with Crippen LogP contribution in [0, 0.1) is 0 Å². The Labute approximate surface area is 131 Å². The van der Waals surface area contributed by atoms with Crippen LogP contribution in [0.25, 0.3) is 11.4 Å². The number of carbonyl (C=O) groups is 1. The van der Waals surface area contributed by atoms with Crippen molar-refractivity contribution in [3.63, 3.8) is 0 Å². The molecule has 0 fully saturated rings. The second kappa shape index (κ2) is 6.82. The van der Waals surface area contributed by atoms with Crippen LogP contribution in [0.15, 0.2) is 23.4 Å². The van der Waals surface area contributed by atoms with Gasteiger partial charge in [0, 0.05) is 5.02 Å². The van der Waals surface area contributed by atoms with Gasteiger partial charge < -0.3 is 9.47 Å². The number of benzene rings is 1. The first-order chi connectivity index (χ1) is 10.0. The third kappa shape index (κ3) is 3.68. The van der Waals surface area contributed by atoms with Crippen molar-refractivity contribution >= 4 is 29.3 Å². The van der Waals surface area contributed by atoms with Crippen molar-refractivity contribution in [1.82, 2.24) is 15.2 Å². The molecule has 0 saturated carbocycles. The minimum absolute atomic E-state index is 0.327. The van der Waals surface area contributed by atoms with Gasteiger partial charge in [-0.25, -0.2) is 4.98 Å². The zero-order chi connectivity index (χ0) is 15.4. The Kier molecular flexibility index (Phi) is 5.08. The van der Waals surface area contributed by atoms with E-state index >= 15 is 0 Å². The molecule has 0 spiro atoms. The second-order valence-electron chi connectivity index (χ2n) is 4.09. The number of nitrogens with one attached hydrogen (secondary N) is 1. The Morgan fingerprint density at radius 2 is 2.19 bits per heavy atom. The zero-order valence-corrected chi connectivity index (χ0v) is 13.3. The van der Waals surface area contributed by atoms with Crippen LogP contribution in [-0.4, -0.2) is 40.6 Å². The van der Waals surface area contributed by atoms with Gasteiger partial charge in [-0.15, -0.1) is 5.10 Å². The van der Waals surface area contributed by atoms with Gasteiger partial charge in [-0.2, -0.15) is 0 Å². The minimum atomic E-state index is -0.389. The lowest BCUT2D eigenvalue weighted by molar-refractivity contribution is -0.139. The number of nitrogens with zero attached hydrogens (tertiary/aromatic N) is 2. The molecule has 1 heterocycles. The van der Waals surface area contributed by atoms with Crippen molar-refractivity contribution < 1.29 is 14.3 Å². The number of esters is 1. The van der Waals surface area contributed by atoms with Crippen LogP contribution < -0.4 is 4.74 Å². The number of methoxy groups -OCH3 is 2. The number of rotatable bonds is 5. The van der Waals surface area contributed by atoms with Crippen molar-refractivity contribution in [2.75, 3.05) is 14.2 Å². The van der Waals surface area contributed by atoms with E-state index in [2.05, 4.69) is 19.9 Å². The molecule has 1 atom stereocenters. The lowest BCUT2D eigenvalue weighted by Gasteiger charge is -2.06. The molecule has 0 saturated heterocycles. The van der Waals surface area contributed by atoms with E-state index in [1.807, 2.05) is 0 Å². The standard InChI is InChI=1S/C13H14ClN3O3S/c1-7(12(18)20-3)21-13-15-11(16-17-13)9-6-8(14)4-5-10(9)19-2/h4-7H,1-3H3,(H,15,16,17)/t7-/m0/s1. The molecule has 0 radical (unpaired) electrons. The molecular formula is C13H14ClN3O3S. The lowest BCUT2D eigenvalue weighted by Crippen LogP contribution is -2.14. The Balaban J connectivity index is 2.24.